The van der Waals surface area contributed by atoms with E-state index in [2.05, 4.69) is 217 Å². The molecule has 0 radical (unpaired) electrons. The third kappa shape index (κ3) is 3.85. The van der Waals surface area contributed by atoms with Gasteiger partial charge in [0.1, 0.15) is 16.7 Å². The maximum absolute atomic E-state index is 7.22. The van der Waals surface area contributed by atoms with Gasteiger partial charge < -0.3 is 13.7 Å². The average molecular weight is 826 g/mol. The maximum atomic E-state index is 7.22. The number of nitrogens with zero attached hydrogens (tertiary/aromatic N) is 1. The molecule has 0 N–H and O–H groups in total. The number of rotatable bonds is 1. The number of fused-ring (bicyclic) bond motifs is 27. The van der Waals surface area contributed by atoms with Crippen LogP contribution in [0.4, 0.5) is 17.1 Å². The third-order valence-corrected chi connectivity index (χ3v) is 15.5. The zero-order valence-corrected chi connectivity index (χ0v) is 35.0. The Balaban J connectivity index is 1.09. The van der Waals surface area contributed by atoms with Crippen LogP contribution in [0.1, 0.15) is 44.5 Å². The van der Waals surface area contributed by atoms with Crippen LogP contribution < -0.4 is 4.90 Å². The lowest BCUT2D eigenvalue weighted by Gasteiger charge is -2.45. The smallest absolute Gasteiger partial charge is 0.159 e. The second-order valence-corrected chi connectivity index (χ2v) is 18.2. The molecule has 0 saturated carbocycles. The quantitative estimate of drug-likeness (QED) is 0.165. The first-order valence-electron chi connectivity index (χ1n) is 22.6. The number of hydrogen-bond donors (Lipinski definition) is 0. The SMILES string of the molecule is c1ccc2c(c1)-c1ccccc1C21c2ccccc2-c2ccc(N3c4ccc5c(oc6ccccc65)c4C4(c5ccccc5-c5ccccc54)c4ccc5c(oc6ccccc65)c43)cc21. The van der Waals surface area contributed by atoms with Gasteiger partial charge in [-0.25, -0.2) is 0 Å². The Morgan fingerprint density at radius 2 is 0.738 bits per heavy atom. The molecule has 65 heavy (non-hydrogen) atoms. The van der Waals surface area contributed by atoms with Crippen LogP contribution in [0.5, 0.6) is 0 Å². The summed E-state index contributed by atoms with van der Waals surface area (Å²) in [4.78, 5) is 2.51. The summed E-state index contributed by atoms with van der Waals surface area (Å²) in [7, 11) is 0. The number of para-hydroxylation sites is 2. The number of furan rings is 2. The second kappa shape index (κ2) is 11.8. The van der Waals surface area contributed by atoms with Gasteiger partial charge in [-0.1, -0.05) is 170 Å². The summed E-state index contributed by atoms with van der Waals surface area (Å²) in [6.45, 7) is 0. The molecule has 12 aromatic rings. The molecule has 3 aliphatic carbocycles. The van der Waals surface area contributed by atoms with Crippen molar-refractivity contribution in [3.63, 3.8) is 0 Å². The molecule has 2 spiro atoms. The third-order valence-electron chi connectivity index (χ3n) is 15.5. The Labute approximate surface area is 374 Å². The molecule has 0 amide bonds. The van der Waals surface area contributed by atoms with Gasteiger partial charge in [0.2, 0.25) is 0 Å². The van der Waals surface area contributed by atoms with Crippen LogP contribution in [-0.2, 0) is 10.8 Å². The fourth-order valence-corrected chi connectivity index (χ4v) is 13.2. The van der Waals surface area contributed by atoms with Crippen LogP contribution in [-0.4, -0.2) is 0 Å². The molecule has 3 heterocycles. The molecular weight excluding hydrogens is 791 g/mol. The predicted molar refractivity (Wildman–Crippen MR) is 263 cm³/mol. The molecule has 1 aliphatic heterocycles. The van der Waals surface area contributed by atoms with Crippen LogP contribution in [0.25, 0.3) is 77.3 Å². The molecule has 0 saturated heterocycles. The number of anilines is 3. The maximum Gasteiger partial charge on any atom is 0.159 e. The molecule has 10 aromatic carbocycles. The van der Waals surface area contributed by atoms with E-state index in [1.165, 1.54) is 66.8 Å². The molecule has 0 unspecified atom stereocenters. The fourth-order valence-electron chi connectivity index (χ4n) is 13.2. The van der Waals surface area contributed by atoms with E-state index < -0.39 is 10.8 Å². The zero-order chi connectivity index (χ0) is 42.2. The summed E-state index contributed by atoms with van der Waals surface area (Å²) in [6, 6.07) is 78.7. The lowest BCUT2D eigenvalue weighted by molar-refractivity contribution is 0.642. The normalized spacial score (nSPS) is 15.0. The van der Waals surface area contributed by atoms with Crippen LogP contribution in [0, 0.1) is 0 Å². The Morgan fingerprint density at radius 3 is 1.29 bits per heavy atom. The van der Waals surface area contributed by atoms with Gasteiger partial charge in [0.15, 0.2) is 5.58 Å². The highest BCUT2D eigenvalue weighted by molar-refractivity contribution is 6.16. The van der Waals surface area contributed by atoms with Gasteiger partial charge in [-0.15, -0.1) is 0 Å². The minimum Gasteiger partial charge on any atom is -0.456 e. The zero-order valence-electron chi connectivity index (χ0n) is 35.0. The van der Waals surface area contributed by atoms with Crippen molar-refractivity contribution < 1.29 is 8.83 Å². The van der Waals surface area contributed by atoms with Crippen molar-refractivity contribution in [3.05, 3.63) is 257 Å². The highest BCUT2D eigenvalue weighted by Gasteiger charge is 2.55. The van der Waals surface area contributed by atoms with Crippen molar-refractivity contribution >= 4 is 60.9 Å². The van der Waals surface area contributed by atoms with Gasteiger partial charge >= 0.3 is 0 Å². The van der Waals surface area contributed by atoms with E-state index in [-0.39, 0.29) is 0 Å². The first-order valence-corrected chi connectivity index (χ1v) is 22.6. The van der Waals surface area contributed by atoms with Crippen molar-refractivity contribution in [3.8, 4) is 33.4 Å². The molecule has 0 bridgehead atoms. The summed E-state index contributed by atoms with van der Waals surface area (Å²) in [5, 5.41) is 4.42. The van der Waals surface area contributed by atoms with Gasteiger partial charge in [-0.2, -0.15) is 0 Å². The van der Waals surface area contributed by atoms with Crippen molar-refractivity contribution in [1.82, 2.24) is 0 Å². The van der Waals surface area contributed by atoms with Gasteiger partial charge in [0.25, 0.3) is 0 Å². The van der Waals surface area contributed by atoms with Gasteiger partial charge in [0.05, 0.1) is 22.2 Å². The summed E-state index contributed by atoms with van der Waals surface area (Å²) in [5.74, 6) is 0. The first-order chi connectivity index (χ1) is 32.3. The van der Waals surface area contributed by atoms with E-state index in [4.69, 9.17) is 8.83 Å². The Bertz CT molecular complexity index is 4000. The minimum atomic E-state index is -0.744. The van der Waals surface area contributed by atoms with Gasteiger partial charge in [0, 0.05) is 32.8 Å². The monoisotopic (exact) mass is 825 g/mol. The molecule has 4 aliphatic rings. The molecule has 3 nitrogen and oxygen atoms in total. The molecule has 2 aromatic heterocycles. The lowest BCUT2D eigenvalue weighted by atomic mass is 9.64. The predicted octanol–water partition coefficient (Wildman–Crippen LogP) is 16.0. The van der Waals surface area contributed by atoms with E-state index in [0.717, 1.165) is 72.1 Å². The van der Waals surface area contributed by atoms with Crippen molar-refractivity contribution in [1.29, 1.82) is 0 Å². The summed E-state index contributed by atoms with van der Waals surface area (Å²) < 4.78 is 14.4. The topological polar surface area (TPSA) is 29.5 Å². The minimum absolute atomic E-state index is 0.505. The average Bonchev–Trinajstić information content (AvgIpc) is 4.16. The van der Waals surface area contributed by atoms with Crippen molar-refractivity contribution in [2.24, 2.45) is 0 Å². The van der Waals surface area contributed by atoms with E-state index >= 15 is 0 Å². The molecule has 16 rings (SSSR count). The van der Waals surface area contributed by atoms with Crippen LogP contribution >= 0.6 is 0 Å². The molecule has 0 atom stereocenters. The fraction of sp³-hybridized carbons (Fsp3) is 0.0323. The molecular formula is C62H35NO2. The second-order valence-electron chi connectivity index (χ2n) is 18.2. The molecule has 3 heteroatoms. The van der Waals surface area contributed by atoms with E-state index in [1.807, 2.05) is 0 Å². The van der Waals surface area contributed by atoms with Crippen LogP contribution in [0.3, 0.4) is 0 Å². The van der Waals surface area contributed by atoms with Crippen LogP contribution in [0.2, 0.25) is 0 Å². The number of benzene rings is 10. The van der Waals surface area contributed by atoms with E-state index in [0.29, 0.717) is 0 Å². The largest absolute Gasteiger partial charge is 0.456 e. The lowest BCUT2D eigenvalue weighted by Crippen LogP contribution is -2.36. The first kappa shape index (κ1) is 34.1. The summed E-state index contributed by atoms with van der Waals surface area (Å²) in [5.41, 5.74) is 23.1. The Morgan fingerprint density at radius 1 is 0.308 bits per heavy atom. The van der Waals surface area contributed by atoms with Gasteiger partial charge in [-0.05, 0) is 115 Å². The highest BCUT2D eigenvalue weighted by Crippen LogP contribution is 2.68. The van der Waals surface area contributed by atoms with E-state index in [9.17, 15) is 0 Å². The van der Waals surface area contributed by atoms with E-state index in [1.54, 1.807) is 0 Å². The molecule has 0 fully saturated rings. The standard InChI is InChI=1S/C62H35NO2/c1-8-22-47-37(15-1)38-16-2-9-23-48(38)61(47)49-24-10-3-19-41(49)42-30-29-36(35-53(42)61)63-54-34-32-45-43-20-6-13-27-55(43)64-59(45)57(54)62(50-25-11-4-17-39(50)40-18-5-12-26-51(40)62)52-33-31-46-44-21-7-14-28-56(44)65-60(46)58(52)63/h1-35H. The van der Waals surface area contributed by atoms with Crippen molar-refractivity contribution in [2.75, 3.05) is 4.90 Å². The Hall–Kier alpha value is -8.40. The van der Waals surface area contributed by atoms with Crippen molar-refractivity contribution in [2.45, 2.75) is 10.8 Å². The van der Waals surface area contributed by atoms with Crippen LogP contribution in [0.15, 0.2) is 221 Å². The highest BCUT2D eigenvalue weighted by atomic mass is 16.3. The molecule has 300 valence electrons. The Kier molecular flexibility index (Phi) is 6.19. The summed E-state index contributed by atoms with van der Waals surface area (Å²) >= 11 is 0. The summed E-state index contributed by atoms with van der Waals surface area (Å²) in [6.07, 6.45) is 0. The van der Waals surface area contributed by atoms with Gasteiger partial charge in [-0.3, -0.25) is 0 Å². The number of hydrogen-bond acceptors (Lipinski definition) is 3.